The fourth-order valence-corrected chi connectivity index (χ4v) is 3.29. The molecular weight excluding hydrogens is 380 g/mol. The van der Waals surface area contributed by atoms with Crippen LogP contribution in [0.4, 0.5) is 0 Å². The Balaban J connectivity index is 1.56. The first-order chi connectivity index (χ1) is 12.2. The average molecular weight is 397 g/mol. The van der Waals surface area contributed by atoms with Crippen LogP contribution in [0.2, 0.25) is 0 Å². The number of rotatable bonds is 5. The van der Waals surface area contributed by atoms with Gasteiger partial charge in [0.25, 0.3) is 5.91 Å². The number of aromatic nitrogens is 1. The molecule has 1 saturated carbocycles. The van der Waals surface area contributed by atoms with Gasteiger partial charge in [0, 0.05) is 28.7 Å². The quantitative estimate of drug-likeness (QED) is 0.615. The fourth-order valence-electron chi connectivity index (χ4n) is 2.85. The molecule has 0 saturated heterocycles. The molecule has 1 aromatic heterocycles. The maximum absolute atomic E-state index is 12.9. The molecule has 0 atom stereocenters. The Kier molecular flexibility index (Phi) is 4.40. The largest absolute Gasteiger partial charge is 0.350 e. The van der Waals surface area contributed by atoms with Crippen molar-refractivity contribution >= 4 is 21.8 Å². The Bertz CT molecular complexity index is 887. The van der Waals surface area contributed by atoms with Gasteiger partial charge in [0.05, 0.1) is 0 Å². The van der Waals surface area contributed by atoms with E-state index in [0.29, 0.717) is 18.0 Å². The molecule has 0 bridgehead atoms. The van der Waals surface area contributed by atoms with Crippen molar-refractivity contribution in [2.75, 3.05) is 0 Å². The van der Waals surface area contributed by atoms with Gasteiger partial charge in [-0.15, -0.1) is 0 Å². The molecule has 0 radical (unpaired) electrons. The molecule has 126 valence electrons. The number of hydrogen-bond donors (Lipinski definition) is 0. The van der Waals surface area contributed by atoms with E-state index in [4.69, 9.17) is 4.52 Å². The third kappa shape index (κ3) is 3.66. The van der Waals surface area contributed by atoms with Crippen LogP contribution >= 0.6 is 15.9 Å². The molecule has 0 N–H and O–H groups in total. The Hall–Kier alpha value is -2.40. The normalized spacial score (nSPS) is 13.6. The third-order valence-corrected chi connectivity index (χ3v) is 4.77. The van der Waals surface area contributed by atoms with E-state index >= 15 is 0 Å². The molecular formula is C20H17BrN2O2. The van der Waals surface area contributed by atoms with Crippen molar-refractivity contribution < 1.29 is 9.32 Å². The SMILES string of the molecule is O=C(c1cc(-c2ccccc2)no1)N(Cc1cccc(Br)c1)C1CC1. The van der Waals surface area contributed by atoms with Gasteiger partial charge in [0.2, 0.25) is 5.76 Å². The molecule has 1 aliphatic rings. The smallest absolute Gasteiger partial charge is 0.293 e. The summed E-state index contributed by atoms with van der Waals surface area (Å²) < 4.78 is 6.36. The minimum atomic E-state index is -0.0999. The van der Waals surface area contributed by atoms with Crippen molar-refractivity contribution in [2.24, 2.45) is 0 Å². The zero-order chi connectivity index (χ0) is 17.2. The van der Waals surface area contributed by atoms with E-state index in [1.54, 1.807) is 6.07 Å². The lowest BCUT2D eigenvalue weighted by molar-refractivity contribution is 0.0687. The molecule has 0 aliphatic heterocycles. The molecule has 25 heavy (non-hydrogen) atoms. The maximum atomic E-state index is 12.9. The molecule has 1 fully saturated rings. The van der Waals surface area contributed by atoms with Gasteiger partial charge in [-0.2, -0.15) is 0 Å². The first kappa shape index (κ1) is 16.1. The highest BCUT2D eigenvalue weighted by atomic mass is 79.9. The van der Waals surface area contributed by atoms with E-state index in [0.717, 1.165) is 28.4 Å². The number of nitrogens with zero attached hydrogens (tertiary/aromatic N) is 2. The first-order valence-electron chi connectivity index (χ1n) is 8.28. The second kappa shape index (κ2) is 6.84. The van der Waals surface area contributed by atoms with Crippen LogP contribution in [0.3, 0.4) is 0 Å². The fraction of sp³-hybridized carbons (Fsp3) is 0.200. The number of halogens is 1. The van der Waals surface area contributed by atoms with E-state index in [2.05, 4.69) is 21.1 Å². The minimum absolute atomic E-state index is 0.0999. The minimum Gasteiger partial charge on any atom is -0.350 e. The summed E-state index contributed by atoms with van der Waals surface area (Å²) >= 11 is 3.48. The van der Waals surface area contributed by atoms with E-state index in [1.165, 1.54) is 0 Å². The predicted molar refractivity (Wildman–Crippen MR) is 99.0 cm³/mol. The molecule has 2 aromatic carbocycles. The summed E-state index contributed by atoms with van der Waals surface area (Å²) in [5.41, 5.74) is 2.72. The van der Waals surface area contributed by atoms with E-state index < -0.39 is 0 Å². The number of benzene rings is 2. The van der Waals surface area contributed by atoms with E-state index in [-0.39, 0.29) is 11.9 Å². The van der Waals surface area contributed by atoms with Gasteiger partial charge in [-0.3, -0.25) is 4.79 Å². The number of carbonyl (C=O) groups excluding carboxylic acids is 1. The average Bonchev–Trinajstić information content (AvgIpc) is 3.35. The van der Waals surface area contributed by atoms with Gasteiger partial charge in [0.15, 0.2) is 0 Å². The van der Waals surface area contributed by atoms with Gasteiger partial charge < -0.3 is 9.42 Å². The second-order valence-electron chi connectivity index (χ2n) is 6.24. The molecule has 5 heteroatoms. The van der Waals surface area contributed by atoms with Crippen molar-refractivity contribution in [3.63, 3.8) is 0 Å². The summed E-state index contributed by atoms with van der Waals surface area (Å²) in [6, 6.07) is 19.8. The molecule has 1 amide bonds. The van der Waals surface area contributed by atoms with Crippen LogP contribution in [-0.4, -0.2) is 22.0 Å². The van der Waals surface area contributed by atoms with E-state index in [9.17, 15) is 4.79 Å². The third-order valence-electron chi connectivity index (χ3n) is 4.28. The van der Waals surface area contributed by atoms with Gasteiger partial charge in [0.1, 0.15) is 5.69 Å². The topological polar surface area (TPSA) is 46.3 Å². The lowest BCUT2D eigenvalue weighted by Gasteiger charge is -2.21. The molecule has 1 heterocycles. The van der Waals surface area contributed by atoms with Gasteiger partial charge >= 0.3 is 0 Å². The Labute approximate surface area is 154 Å². The zero-order valence-electron chi connectivity index (χ0n) is 13.6. The lowest BCUT2D eigenvalue weighted by Crippen LogP contribution is -2.32. The van der Waals surface area contributed by atoms with Crippen molar-refractivity contribution in [3.8, 4) is 11.3 Å². The number of amides is 1. The lowest BCUT2D eigenvalue weighted by atomic mass is 10.1. The Morgan fingerprint density at radius 2 is 1.92 bits per heavy atom. The first-order valence-corrected chi connectivity index (χ1v) is 9.07. The summed E-state index contributed by atoms with van der Waals surface area (Å²) in [6.45, 7) is 0.574. The highest BCUT2D eigenvalue weighted by molar-refractivity contribution is 9.10. The zero-order valence-corrected chi connectivity index (χ0v) is 15.1. The van der Waals surface area contributed by atoms with Crippen molar-refractivity contribution in [2.45, 2.75) is 25.4 Å². The molecule has 4 rings (SSSR count). The van der Waals surface area contributed by atoms with Crippen molar-refractivity contribution in [1.82, 2.24) is 10.1 Å². The molecule has 1 aliphatic carbocycles. The number of carbonyl (C=O) groups is 1. The highest BCUT2D eigenvalue weighted by Crippen LogP contribution is 2.31. The standard InChI is InChI=1S/C20H17BrN2O2/c21-16-8-4-5-14(11-16)13-23(17-9-10-17)20(24)19-12-18(22-25-19)15-6-2-1-3-7-15/h1-8,11-12,17H,9-10,13H2. The van der Waals surface area contributed by atoms with Crippen LogP contribution in [-0.2, 0) is 6.54 Å². The highest BCUT2D eigenvalue weighted by Gasteiger charge is 2.34. The molecule has 0 spiro atoms. The van der Waals surface area contributed by atoms with E-state index in [1.807, 2.05) is 59.5 Å². The summed E-state index contributed by atoms with van der Waals surface area (Å²) in [5.74, 6) is 0.193. The summed E-state index contributed by atoms with van der Waals surface area (Å²) in [5, 5.41) is 4.06. The van der Waals surface area contributed by atoms with Crippen LogP contribution < -0.4 is 0 Å². The summed E-state index contributed by atoms with van der Waals surface area (Å²) in [4.78, 5) is 14.8. The van der Waals surface area contributed by atoms with Crippen LogP contribution in [0.25, 0.3) is 11.3 Å². The van der Waals surface area contributed by atoms with Crippen LogP contribution in [0.1, 0.15) is 29.0 Å². The van der Waals surface area contributed by atoms with Crippen LogP contribution in [0.15, 0.2) is 69.7 Å². The maximum Gasteiger partial charge on any atom is 0.293 e. The number of hydrogen-bond acceptors (Lipinski definition) is 3. The Morgan fingerprint density at radius 3 is 2.64 bits per heavy atom. The molecule has 4 nitrogen and oxygen atoms in total. The summed E-state index contributed by atoms with van der Waals surface area (Å²) in [7, 11) is 0. The van der Waals surface area contributed by atoms with Crippen LogP contribution in [0, 0.1) is 0 Å². The van der Waals surface area contributed by atoms with Crippen LogP contribution in [0.5, 0.6) is 0 Å². The monoisotopic (exact) mass is 396 g/mol. The predicted octanol–water partition coefficient (Wildman–Crippen LogP) is 4.91. The van der Waals surface area contributed by atoms with Gasteiger partial charge in [-0.25, -0.2) is 0 Å². The molecule has 0 unspecified atom stereocenters. The van der Waals surface area contributed by atoms with Gasteiger partial charge in [-0.05, 0) is 30.5 Å². The van der Waals surface area contributed by atoms with Crippen molar-refractivity contribution in [1.29, 1.82) is 0 Å². The summed E-state index contributed by atoms with van der Waals surface area (Å²) in [6.07, 6.45) is 2.08. The van der Waals surface area contributed by atoms with Crippen molar-refractivity contribution in [3.05, 3.63) is 76.5 Å². The Morgan fingerprint density at radius 1 is 1.12 bits per heavy atom. The second-order valence-corrected chi connectivity index (χ2v) is 7.15. The molecule has 3 aromatic rings. The van der Waals surface area contributed by atoms with Gasteiger partial charge in [-0.1, -0.05) is 63.6 Å².